The van der Waals surface area contributed by atoms with Gasteiger partial charge in [0.05, 0.1) is 18.7 Å². The van der Waals surface area contributed by atoms with E-state index < -0.39 is 12.1 Å². The molecule has 1 aromatic rings. The molecule has 19 heavy (non-hydrogen) atoms. The van der Waals surface area contributed by atoms with Crippen LogP contribution in [0.25, 0.3) is 0 Å². The number of rotatable bonds is 8. The molecule has 0 spiro atoms. The molecule has 104 valence electrons. The molecule has 0 aromatic heterocycles. The van der Waals surface area contributed by atoms with Gasteiger partial charge in [-0.3, -0.25) is 0 Å². The number of carbonyl (C=O) groups is 1. The minimum absolute atomic E-state index is 0.279. The molecule has 0 heterocycles. The SMILES string of the molecule is C=C(C(=O)[O-])[C@H](O)CCCCOc1ccc(Cl)cc1. The molecule has 0 radical (unpaired) electrons. The van der Waals surface area contributed by atoms with Gasteiger partial charge < -0.3 is 19.7 Å². The molecule has 0 unspecified atom stereocenters. The molecule has 0 aliphatic heterocycles. The molecule has 4 nitrogen and oxygen atoms in total. The van der Waals surface area contributed by atoms with E-state index in [1.165, 1.54) is 0 Å². The lowest BCUT2D eigenvalue weighted by Gasteiger charge is -2.14. The largest absolute Gasteiger partial charge is 0.545 e. The second kappa shape index (κ2) is 7.81. The number of benzene rings is 1. The van der Waals surface area contributed by atoms with Crippen LogP contribution in [0.4, 0.5) is 0 Å². The Balaban J connectivity index is 2.16. The molecule has 0 saturated heterocycles. The predicted molar refractivity (Wildman–Crippen MR) is 71.0 cm³/mol. The van der Waals surface area contributed by atoms with Gasteiger partial charge in [-0.05, 0) is 49.1 Å². The lowest BCUT2D eigenvalue weighted by Crippen LogP contribution is -2.30. The maximum atomic E-state index is 10.4. The van der Waals surface area contributed by atoms with Crippen molar-refractivity contribution in [1.29, 1.82) is 0 Å². The highest BCUT2D eigenvalue weighted by Crippen LogP contribution is 2.16. The average Bonchev–Trinajstić information content (AvgIpc) is 2.39. The highest BCUT2D eigenvalue weighted by molar-refractivity contribution is 6.30. The zero-order valence-electron chi connectivity index (χ0n) is 10.5. The lowest BCUT2D eigenvalue weighted by molar-refractivity contribution is -0.300. The van der Waals surface area contributed by atoms with Crippen molar-refractivity contribution in [2.45, 2.75) is 25.4 Å². The van der Waals surface area contributed by atoms with Crippen molar-refractivity contribution in [2.24, 2.45) is 0 Å². The van der Waals surface area contributed by atoms with Gasteiger partial charge >= 0.3 is 0 Å². The first-order valence-electron chi connectivity index (χ1n) is 5.97. The number of hydrogen-bond acceptors (Lipinski definition) is 4. The highest BCUT2D eigenvalue weighted by atomic mass is 35.5. The minimum atomic E-state index is -1.41. The first-order chi connectivity index (χ1) is 9.00. The van der Waals surface area contributed by atoms with E-state index in [0.717, 1.165) is 5.75 Å². The first kappa shape index (κ1) is 15.5. The second-order valence-electron chi connectivity index (χ2n) is 4.13. The number of aliphatic hydroxyl groups is 1. The monoisotopic (exact) mass is 283 g/mol. The second-order valence-corrected chi connectivity index (χ2v) is 4.56. The van der Waals surface area contributed by atoms with Gasteiger partial charge in [0, 0.05) is 5.02 Å². The third kappa shape index (κ3) is 5.77. The summed E-state index contributed by atoms with van der Waals surface area (Å²) in [5.41, 5.74) is -0.279. The van der Waals surface area contributed by atoms with Crippen molar-refractivity contribution in [2.75, 3.05) is 6.61 Å². The lowest BCUT2D eigenvalue weighted by atomic mass is 10.1. The van der Waals surface area contributed by atoms with Crippen molar-refractivity contribution < 1.29 is 19.7 Å². The summed E-state index contributed by atoms with van der Waals surface area (Å²) >= 11 is 5.74. The van der Waals surface area contributed by atoms with Gasteiger partial charge in [0.15, 0.2) is 0 Å². The normalized spacial score (nSPS) is 11.9. The van der Waals surface area contributed by atoms with Crippen LogP contribution in [0.1, 0.15) is 19.3 Å². The number of carboxylic acids is 1. The van der Waals surface area contributed by atoms with Crippen molar-refractivity contribution in [3.63, 3.8) is 0 Å². The molecule has 5 heteroatoms. The van der Waals surface area contributed by atoms with Gasteiger partial charge in [-0.1, -0.05) is 18.2 Å². The van der Waals surface area contributed by atoms with E-state index in [1.807, 2.05) is 0 Å². The number of aliphatic hydroxyl groups excluding tert-OH is 1. The summed E-state index contributed by atoms with van der Waals surface area (Å²) in [6.07, 6.45) is 0.623. The average molecular weight is 284 g/mol. The minimum Gasteiger partial charge on any atom is -0.545 e. The molecule has 0 aliphatic rings. The third-order valence-corrected chi connectivity index (χ3v) is 2.87. The van der Waals surface area contributed by atoms with Crippen LogP contribution in [0.5, 0.6) is 5.75 Å². The van der Waals surface area contributed by atoms with E-state index in [-0.39, 0.29) is 5.57 Å². The molecule has 0 amide bonds. The highest BCUT2D eigenvalue weighted by Gasteiger charge is 2.08. The zero-order chi connectivity index (χ0) is 14.3. The summed E-state index contributed by atoms with van der Waals surface area (Å²) < 4.78 is 5.46. The Morgan fingerprint density at radius 1 is 1.37 bits per heavy atom. The fourth-order valence-corrected chi connectivity index (χ4v) is 1.60. The number of hydrogen-bond donors (Lipinski definition) is 1. The summed E-state index contributed by atoms with van der Waals surface area (Å²) in [4.78, 5) is 10.4. The van der Waals surface area contributed by atoms with E-state index in [0.29, 0.717) is 30.9 Å². The van der Waals surface area contributed by atoms with Crippen LogP contribution in [-0.4, -0.2) is 23.8 Å². The molecule has 0 saturated carbocycles. The third-order valence-electron chi connectivity index (χ3n) is 2.62. The van der Waals surface area contributed by atoms with E-state index in [1.54, 1.807) is 24.3 Å². The molecule has 1 N–H and O–H groups in total. The summed E-state index contributed by atoms with van der Waals surface area (Å²) in [6.45, 7) is 3.75. The summed E-state index contributed by atoms with van der Waals surface area (Å²) in [5, 5.41) is 20.5. The molecule has 1 aromatic carbocycles. The van der Waals surface area contributed by atoms with Crippen molar-refractivity contribution in [1.82, 2.24) is 0 Å². The Labute approximate surface area is 117 Å². The summed E-state index contributed by atoms with van der Waals surface area (Å²) in [6, 6.07) is 7.03. The Morgan fingerprint density at radius 2 is 2.00 bits per heavy atom. The van der Waals surface area contributed by atoms with E-state index in [9.17, 15) is 15.0 Å². The van der Waals surface area contributed by atoms with Crippen molar-refractivity contribution in [3.8, 4) is 5.75 Å². The molecule has 0 aliphatic carbocycles. The molecule has 0 fully saturated rings. The molecular weight excluding hydrogens is 268 g/mol. The van der Waals surface area contributed by atoms with Crippen LogP contribution in [0, 0.1) is 0 Å². The Bertz CT molecular complexity index is 428. The fourth-order valence-electron chi connectivity index (χ4n) is 1.47. The van der Waals surface area contributed by atoms with Gasteiger partial charge in [0.2, 0.25) is 0 Å². The van der Waals surface area contributed by atoms with Gasteiger partial charge in [-0.15, -0.1) is 0 Å². The van der Waals surface area contributed by atoms with Crippen LogP contribution in [0.3, 0.4) is 0 Å². The van der Waals surface area contributed by atoms with Crippen molar-refractivity contribution in [3.05, 3.63) is 41.4 Å². The van der Waals surface area contributed by atoms with E-state index in [2.05, 4.69) is 6.58 Å². The number of carbonyl (C=O) groups excluding carboxylic acids is 1. The Morgan fingerprint density at radius 3 is 2.58 bits per heavy atom. The van der Waals surface area contributed by atoms with Gasteiger partial charge in [0.1, 0.15) is 5.75 Å². The quantitative estimate of drug-likeness (QED) is 0.581. The Kier molecular flexibility index (Phi) is 6.39. The van der Waals surface area contributed by atoms with Gasteiger partial charge in [-0.2, -0.15) is 0 Å². The first-order valence-corrected chi connectivity index (χ1v) is 6.35. The standard InChI is InChI=1S/C14H17ClO4/c1-10(14(17)18)13(16)4-2-3-9-19-12-7-5-11(15)6-8-12/h5-8,13,16H,1-4,9H2,(H,17,18)/p-1/t13-/m1/s1. The number of aliphatic carboxylic acids is 1. The van der Waals surface area contributed by atoms with Crippen LogP contribution in [-0.2, 0) is 4.79 Å². The van der Waals surface area contributed by atoms with Gasteiger partial charge in [-0.25, -0.2) is 0 Å². The number of halogens is 1. The molecular formula is C14H16ClO4-. The molecule has 1 rings (SSSR count). The maximum Gasteiger partial charge on any atom is 0.119 e. The summed E-state index contributed by atoms with van der Waals surface area (Å²) in [5.74, 6) is -0.686. The smallest absolute Gasteiger partial charge is 0.119 e. The van der Waals surface area contributed by atoms with Crippen molar-refractivity contribution >= 4 is 17.6 Å². The fraction of sp³-hybridized carbons (Fsp3) is 0.357. The number of ether oxygens (including phenoxy) is 1. The van der Waals surface area contributed by atoms with Crippen LogP contribution in [0.15, 0.2) is 36.4 Å². The zero-order valence-corrected chi connectivity index (χ0v) is 11.2. The Hall–Kier alpha value is -1.52. The van der Waals surface area contributed by atoms with Crippen LogP contribution < -0.4 is 9.84 Å². The van der Waals surface area contributed by atoms with Crippen LogP contribution in [0.2, 0.25) is 5.02 Å². The molecule has 1 atom stereocenters. The number of carboxylic acid groups (broad SMARTS) is 1. The molecule has 0 bridgehead atoms. The van der Waals surface area contributed by atoms with E-state index in [4.69, 9.17) is 16.3 Å². The van der Waals surface area contributed by atoms with Gasteiger partial charge in [0.25, 0.3) is 0 Å². The predicted octanol–water partition coefficient (Wildman–Crippen LogP) is 1.56. The number of unbranched alkanes of at least 4 members (excludes halogenated alkanes) is 1. The summed E-state index contributed by atoms with van der Waals surface area (Å²) in [7, 11) is 0. The maximum absolute atomic E-state index is 10.4. The topological polar surface area (TPSA) is 69.6 Å². The van der Waals surface area contributed by atoms with E-state index >= 15 is 0 Å². The van der Waals surface area contributed by atoms with Crippen LogP contribution >= 0.6 is 11.6 Å².